The first-order valence-electron chi connectivity index (χ1n) is 9.29. The van der Waals surface area contributed by atoms with Gasteiger partial charge in [-0.25, -0.2) is 0 Å². The third kappa shape index (κ3) is 4.94. The molecule has 2 amide bonds. The van der Waals surface area contributed by atoms with Gasteiger partial charge in [-0.1, -0.05) is 0 Å². The second-order valence-corrected chi connectivity index (χ2v) is 6.92. The quantitative estimate of drug-likeness (QED) is 0.795. The number of hydrogen-bond acceptors (Lipinski definition) is 5. The number of carboxylic acids is 1. The first kappa shape index (κ1) is 21.5. The van der Waals surface area contributed by atoms with Crippen molar-refractivity contribution in [2.75, 3.05) is 33.9 Å². The Morgan fingerprint density at radius 2 is 1.75 bits per heavy atom. The van der Waals surface area contributed by atoms with E-state index < -0.39 is 5.97 Å². The predicted molar refractivity (Wildman–Crippen MR) is 103 cm³/mol. The summed E-state index contributed by atoms with van der Waals surface area (Å²) in [7, 11) is 3.09. The Labute approximate surface area is 165 Å². The number of hydrogen-bond donors (Lipinski definition) is 1. The van der Waals surface area contributed by atoms with Gasteiger partial charge in [0.25, 0.3) is 5.91 Å². The van der Waals surface area contributed by atoms with Crippen molar-refractivity contribution in [1.29, 1.82) is 0 Å². The number of carbonyl (C=O) groups excluding carboxylic acids is 2. The van der Waals surface area contributed by atoms with Gasteiger partial charge in [-0.15, -0.1) is 0 Å². The molecule has 1 atom stereocenters. The second kappa shape index (κ2) is 9.43. The summed E-state index contributed by atoms with van der Waals surface area (Å²) in [5.41, 5.74) is 1.30. The van der Waals surface area contributed by atoms with Crippen molar-refractivity contribution in [3.63, 3.8) is 0 Å². The number of benzene rings is 1. The number of carbonyl (C=O) groups is 3. The van der Waals surface area contributed by atoms with E-state index >= 15 is 0 Å². The lowest BCUT2D eigenvalue weighted by atomic mass is 10.1. The lowest BCUT2D eigenvalue weighted by Crippen LogP contribution is -2.43. The maximum absolute atomic E-state index is 13.0. The molecule has 1 aliphatic rings. The van der Waals surface area contributed by atoms with Crippen molar-refractivity contribution >= 4 is 17.8 Å². The summed E-state index contributed by atoms with van der Waals surface area (Å²) in [6.45, 7) is 3.92. The third-order valence-corrected chi connectivity index (χ3v) is 5.13. The van der Waals surface area contributed by atoms with Crippen molar-refractivity contribution in [3.8, 4) is 11.5 Å². The molecule has 0 aromatic heterocycles. The molecule has 8 heteroatoms. The predicted octanol–water partition coefficient (Wildman–Crippen LogP) is 1.94. The number of nitrogens with zero attached hydrogens (tertiary/aromatic N) is 2. The van der Waals surface area contributed by atoms with E-state index in [4.69, 9.17) is 14.6 Å². The number of rotatable bonds is 6. The highest BCUT2D eigenvalue weighted by atomic mass is 16.5. The van der Waals surface area contributed by atoms with Gasteiger partial charge in [0.05, 0.1) is 14.2 Å². The molecular weight excluding hydrogens is 364 g/mol. The van der Waals surface area contributed by atoms with Gasteiger partial charge in [0, 0.05) is 37.2 Å². The van der Waals surface area contributed by atoms with Crippen LogP contribution < -0.4 is 9.47 Å². The van der Waals surface area contributed by atoms with Crippen LogP contribution in [-0.4, -0.2) is 72.6 Å². The number of carboxylic acid groups (broad SMARTS) is 1. The summed E-state index contributed by atoms with van der Waals surface area (Å²) in [5.74, 6) is -0.268. The summed E-state index contributed by atoms with van der Waals surface area (Å²) in [6.07, 6.45) is 1.90. The van der Waals surface area contributed by atoms with Crippen LogP contribution in [0, 0.1) is 6.92 Å². The van der Waals surface area contributed by atoms with Crippen LogP contribution in [0.15, 0.2) is 12.1 Å². The first-order chi connectivity index (χ1) is 13.3. The number of ether oxygens (including phenoxy) is 2. The van der Waals surface area contributed by atoms with Crippen LogP contribution in [0.25, 0.3) is 0 Å². The largest absolute Gasteiger partial charge is 0.496 e. The van der Waals surface area contributed by atoms with E-state index in [2.05, 4.69) is 0 Å². The molecule has 0 saturated carbocycles. The van der Waals surface area contributed by atoms with Crippen LogP contribution >= 0.6 is 0 Å². The van der Waals surface area contributed by atoms with Crippen LogP contribution in [0.5, 0.6) is 11.5 Å². The summed E-state index contributed by atoms with van der Waals surface area (Å²) >= 11 is 0. The molecule has 0 spiro atoms. The monoisotopic (exact) mass is 392 g/mol. The Hall–Kier alpha value is -2.77. The number of amides is 2. The Balaban J connectivity index is 2.16. The van der Waals surface area contributed by atoms with Gasteiger partial charge in [-0.2, -0.15) is 0 Å². The van der Waals surface area contributed by atoms with E-state index in [1.165, 1.54) is 11.8 Å². The van der Waals surface area contributed by atoms with Crippen LogP contribution in [0.2, 0.25) is 0 Å². The number of methoxy groups -OCH3 is 2. The van der Waals surface area contributed by atoms with Gasteiger partial charge in [-0.05, 0) is 38.3 Å². The maximum atomic E-state index is 13.0. The van der Waals surface area contributed by atoms with E-state index in [1.54, 1.807) is 31.3 Å². The molecule has 1 saturated heterocycles. The first-order valence-corrected chi connectivity index (χ1v) is 9.29. The average molecular weight is 392 g/mol. The number of likely N-dealkylation sites (tertiary alicyclic amines) is 1. The summed E-state index contributed by atoms with van der Waals surface area (Å²) in [4.78, 5) is 39.1. The standard InChI is InChI=1S/C20H28N2O6/c1-13-17(27-3)10-15(11-18(13)28-4)20(26)21-8-5-6-16(7-9-21)22(14(2)23)12-19(24)25/h10-11,16H,5-9,12H2,1-4H3,(H,24,25). The SMILES string of the molecule is COc1cc(C(=O)N2CCCC(N(CC(=O)O)C(C)=O)CC2)cc(OC)c1C. The van der Waals surface area contributed by atoms with E-state index in [1.807, 2.05) is 6.92 Å². The fourth-order valence-corrected chi connectivity index (χ4v) is 3.63. The van der Waals surface area contributed by atoms with Crippen molar-refractivity contribution in [3.05, 3.63) is 23.3 Å². The van der Waals surface area contributed by atoms with E-state index in [0.29, 0.717) is 49.4 Å². The molecule has 0 aliphatic carbocycles. The maximum Gasteiger partial charge on any atom is 0.323 e. The van der Waals surface area contributed by atoms with Gasteiger partial charge in [0.2, 0.25) is 5.91 Å². The molecule has 1 aliphatic heterocycles. The molecule has 1 fully saturated rings. The molecule has 0 bridgehead atoms. The van der Waals surface area contributed by atoms with Crippen molar-refractivity contribution < 1.29 is 29.0 Å². The van der Waals surface area contributed by atoms with E-state index in [-0.39, 0.29) is 24.4 Å². The third-order valence-electron chi connectivity index (χ3n) is 5.13. The molecule has 1 aromatic carbocycles. The van der Waals surface area contributed by atoms with Crippen molar-refractivity contribution in [2.24, 2.45) is 0 Å². The Kier molecular flexibility index (Phi) is 7.25. The summed E-state index contributed by atoms with van der Waals surface area (Å²) in [5, 5.41) is 9.06. The topological polar surface area (TPSA) is 96.4 Å². The van der Waals surface area contributed by atoms with Crippen molar-refractivity contribution in [1.82, 2.24) is 9.80 Å². The molecule has 1 N–H and O–H groups in total. The Bertz CT molecular complexity index is 723. The van der Waals surface area contributed by atoms with Gasteiger partial charge < -0.3 is 24.4 Å². The molecule has 1 heterocycles. The van der Waals surface area contributed by atoms with E-state index in [0.717, 1.165) is 5.56 Å². The smallest absolute Gasteiger partial charge is 0.323 e. The molecule has 1 aromatic rings. The molecule has 8 nitrogen and oxygen atoms in total. The Morgan fingerprint density at radius 1 is 1.14 bits per heavy atom. The highest BCUT2D eigenvalue weighted by molar-refractivity contribution is 5.95. The highest BCUT2D eigenvalue weighted by Crippen LogP contribution is 2.30. The van der Waals surface area contributed by atoms with Crippen LogP contribution in [0.1, 0.15) is 42.1 Å². The molecule has 0 radical (unpaired) electrons. The lowest BCUT2D eigenvalue weighted by Gasteiger charge is -2.29. The zero-order chi connectivity index (χ0) is 20.8. The zero-order valence-electron chi connectivity index (χ0n) is 16.9. The summed E-state index contributed by atoms with van der Waals surface area (Å²) < 4.78 is 10.7. The number of aliphatic carboxylic acids is 1. The molecule has 28 heavy (non-hydrogen) atoms. The normalized spacial score (nSPS) is 16.9. The second-order valence-electron chi connectivity index (χ2n) is 6.92. The molecule has 2 rings (SSSR count). The molecule has 154 valence electrons. The van der Waals surface area contributed by atoms with Crippen LogP contribution in [0.4, 0.5) is 0 Å². The van der Waals surface area contributed by atoms with Gasteiger partial charge in [0.1, 0.15) is 18.0 Å². The molecular formula is C20H28N2O6. The minimum absolute atomic E-state index is 0.134. The highest BCUT2D eigenvalue weighted by Gasteiger charge is 2.28. The van der Waals surface area contributed by atoms with Gasteiger partial charge >= 0.3 is 5.97 Å². The minimum atomic E-state index is -1.04. The minimum Gasteiger partial charge on any atom is -0.496 e. The lowest BCUT2D eigenvalue weighted by molar-refractivity contribution is -0.145. The van der Waals surface area contributed by atoms with Gasteiger partial charge in [-0.3, -0.25) is 14.4 Å². The Morgan fingerprint density at radius 3 is 2.25 bits per heavy atom. The fourth-order valence-electron chi connectivity index (χ4n) is 3.63. The van der Waals surface area contributed by atoms with Gasteiger partial charge in [0.15, 0.2) is 0 Å². The fraction of sp³-hybridized carbons (Fsp3) is 0.550. The zero-order valence-corrected chi connectivity index (χ0v) is 16.9. The summed E-state index contributed by atoms with van der Waals surface area (Å²) in [6, 6.07) is 3.22. The van der Waals surface area contributed by atoms with Crippen molar-refractivity contribution in [2.45, 2.75) is 39.2 Å². The van der Waals surface area contributed by atoms with Crippen LogP contribution in [-0.2, 0) is 9.59 Å². The van der Waals surface area contributed by atoms with E-state index in [9.17, 15) is 14.4 Å². The van der Waals surface area contributed by atoms with Crippen LogP contribution in [0.3, 0.4) is 0 Å². The average Bonchev–Trinajstić information content (AvgIpc) is 2.91. The molecule has 1 unspecified atom stereocenters.